The smallest absolute Gasteiger partial charge is 0.0632 e. The van der Waals surface area contributed by atoms with Gasteiger partial charge in [-0.05, 0) is 51.9 Å². The second kappa shape index (κ2) is 7.02. The molecule has 4 heteroatoms. The Labute approximate surface area is 117 Å². The van der Waals surface area contributed by atoms with Gasteiger partial charge in [0.15, 0.2) is 0 Å². The van der Waals surface area contributed by atoms with Crippen molar-refractivity contribution >= 4 is 0 Å². The standard InChI is InChI=1S/C15H29N3O/c1-2-7-18(8-3-1)15-4-9-17(10-5-15)12-14-13-19-11-6-16-14/h14-16H,1-13H2. The highest BCUT2D eigenvalue weighted by Gasteiger charge is 2.26. The van der Waals surface area contributed by atoms with Crippen LogP contribution < -0.4 is 5.32 Å². The molecule has 1 atom stereocenters. The summed E-state index contributed by atoms with van der Waals surface area (Å²) in [5, 5.41) is 3.56. The van der Waals surface area contributed by atoms with E-state index in [0.29, 0.717) is 6.04 Å². The van der Waals surface area contributed by atoms with Gasteiger partial charge in [0.1, 0.15) is 0 Å². The highest BCUT2D eigenvalue weighted by Crippen LogP contribution is 2.20. The van der Waals surface area contributed by atoms with Gasteiger partial charge in [0.05, 0.1) is 13.2 Å². The Balaban J connectivity index is 1.38. The lowest BCUT2D eigenvalue weighted by atomic mass is 9.99. The van der Waals surface area contributed by atoms with E-state index in [-0.39, 0.29) is 0 Å². The van der Waals surface area contributed by atoms with Gasteiger partial charge in [-0.15, -0.1) is 0 Å². The van der Waals surface area contributed by atoms with E-state index in [4.69, 9.17) is 4.74 Å². The number of likely N-dealkylation sites (tertiary alicyclic amines) is 2. The molecule has 0 aromatic carbocycles. The third-order valence-electron chi connectivity index (χ3n) is 4.94. The fourth-order valence-electron chi connectivity index (χ4n) is 3.80. The lowest BCUT2D eigenvalue weighted by Crippen LogP contribution is -2.52. The van der Waals surface area contributed by atoms with Crippen molar-refractivity contribution in [1.82, 2.24) is 15.1 Å². The topological polar surface area (TPSA) is 27.7 Å². The maximum Gasteiger partial charge on any atom is 0.0632 e. The molecule has 0 aromatic rings. The summed E-state index contributed by atoms with van der Waals surface area (Å²) in [4.78, 5) is 5.38. The Morgan fingerprint density at radius 3 is 2.47 bits per heavy atom. The van der Waals surface area contributed by atoms with Gasteiger partial charge < -0.3 is 19.9 Å². The van der Waals surface area contributed by atoms with Crippen molar-refractivity contribution in [2.24, 2.45) is 0 Å². The quantitative estimate of drug-likeness (QED) is 0.823. The summed E-state index contributed by atoms with van der Waals surface area (Å²) in [5.41, 5.74) is 0. The highest BCUT2D eigenvalue weighted by atomic mass is 16.5. The summed E-state index contributed by atoms with van der Waals surface area (Å²) in [6.07, 6.45) is 7.02. The molecule has 1 unspecified atom stereocenters. The van der Waals surface area contributed by atoms with Crippen LogP contribution in [-0.4, -0.2) is 74.4 Å². The van der Waals surface area contributed by atoms with Crippen molar-refractivity contribution < 1.29 is 4.74 Å². The summed E-state index contributed by atoms with van der Waals surface area (Å²) >= 11 is 0. The zero-order valence-electron chi connectivity index (χ0n) is 12.1. The number of ether oxygens (including phenoxy) is 1. The molecule has 0 aromatic heterocycles. The van der Waals surface area contributed by atoms with E-state index in [1.165, 1.54) is 64.8 Å². The number of piperidine rings is 2. The van der Waals surface area contributed by atoms with Crippen molar-refractivity contribution in [1.29, 1.82) is 0 Å². The van der Waals surface area contributed by atoms with Crippen LogP contribution in [0.2, 0.25) is 0 Å². The molecule has 110 valence electrons. The molecule has 3 saturated heterocycles. The first-order valence-electron chi connectivity index (χ1n) is 8.19. The van der Waals surface area contributed by atoms with Crippen LogP contribution in [0.25, 0.3) is 0 Å². The number of morpholine rings is 1. The van der Waals surface area contributed by atoms with E-state index in [1.807, 2.05) is 0 Å². The summed E-state index contributed by atoms with van der Waals surface area (Å²) in [5.74, 6) is 0. The first-order valence-corrected chi connectivity index (χ1v) is 8.19. The van der Waals surface area contributed by atoms with Crippen molar-refractivity contribution in [2.45, 2.75) is 44.2 Å². The van der Waals surface area contributed by atoms with Gasteiger partial charge in [0.2, 0.25) is 0 Å². The largest absolute Gasteiger partial charge is 0.378 e. The molecule has 0 amide bonds. The minimum atomic E-state index is 0.556. The minimum Gasteiger partial charge on any atom is -0.378 e. The van der Waals surface area contributed by atoms with Crippen LogP contribution in [0.4, 0.5) is 0 Å². The Morgan fingerprint density at radius 1 is 1.00 bits per heavy atom. The Hall–Kier alpha value is -0.160. The van der Waals surface area contributed by atoms with Crippen LogP contribution in [0, 0.1) is 0 Å². The summed E-state index contributed by atoms with van der Waals surface area (Å²) in [6.45, 7) is 9.23. The van der Waals surface area contributed by atoms with E-state index in [0.717, 1.165) is 25.8 Å². The van der Waals surface area contributed by atoms with E-state index >= 15 is 0 Å². The second-order valence-corrected chi connectivity index (χ2v) is 6.35. The van der Waals surface area contributed by atoms with Crippen LogP contribution in [0.5, 0.6) is 0 Å². The predicted octanol–water partition coefficient (Wildman–Crippen LogP) is 0.925. The molecule has 3 rings (SSSR count). The average Bonchev–Trinajstić information content (AvgIpc) is 2.50. The third kappa shape index (κ3) is 3.91. The van der Waals surface area contributed by atoms with E-state index in [2.05, 4.69) is 15.1 Å². The van der Waals surface area contributed by atoms with E-state index in [9.17, 15) is 0 Å². The first kappa shape index (κ1) is 13.8. The second-order valence-electron chi connectivity index (χ2n) is 6.35. The Kier molecular flexibility index (Phi) is 5.10. The fraction of sp³-hybridized carbons (Fsp3) is 1.00. The lowest BCUT2D eigenvalue weighted by molar-refractivity contribution is 0.0463. The molecule has 3 heterocycles. The molecule has 3 fully saturated rings. The Bertz CT molecular complexity index is 254. The molecule has 3 aliphatic heterocycles. The molecule has 0 bridgehead atoms. The predicted molar refractivity (Wildman–Crippen MR) is 77.5 cm³/mol. The third-order valence-corrected chi connectivity index (χ3v) is 4.94. The lowest BCUT2D eigenvalue weighted by Gasteiger charge is -2.41. The maximum atomic E-state index is 5.54. The van der Waals surface area contributed by atoms with Crippen molar-refractivity contribution in [3.8, 4) is 0 Å². The number of rotatable bonds is 3. The van der Waals surface area contributed by atoms with Crippen LogP contribution in [0.1, 0.15) is 32.1 Å². The van der Waals surface area contributed by atoms with Crippen LogP contribution in [0.15, 0.2) is 0 Å². The zero-order chi connectivity index (χ0) is 12.9. The maximum absolute atomic E-state index is 5.54. The normalized spacial score (nSPS) is 32.5. The molecule has 0 spiro atoms. The zero-order valence-corrected chi connectivity index (χ0v) is 12.1. The minimum absolute atomic E-state index is 0.556. The summed E-state index contributed by atoms with van der Waals surface area (Å²) in [7, 11) is 0. The van der Waals surface area contributed by atoms with Crippen molar-refractivity contribution in [2.75, 3.05) is 52.5 Å². The van der Waals surface area contributed by atoms with Gasteiger partial charge >= 0.3 is 0 Å². The summed E-state index contributed by atoms with van der Waals surface area (Å²) in [6, 6.07) is 1.42. The molecule has 4 nitrogen and oxygen atoms in total. The molecular weight excluding hydrogens is 238 g/mol. The van der Waals surface area contributed by atoms with Crippen molar-refractivity contribution in [3.05, 3.63) is 0 Å². The molecule has 0 aliphatic carbocycles. The molecule has 0 radical (unpaired) electrons. The average molecular weight is 267 g/mol. The molecule has 3 aliphatic rings. The van der Waals surface area contributed by atoms with Crippen molar-refractivity contribution in [3.63, 3.8) is 0 Å². The summed E-state index contributed by atoms with van der Waals surface area (Å²) < 4.78 is 5.54. The SMILES string of the molecule is C1CCN(C2CCN(CC3COCCN3)CC2)CC1. The van der Waals surface area contributed by atoms with E-state index < -0.39 is 0 Å². The monoisotopic (exact) mass is 267 g/mol. The molecular formula is C15H29N3O. The molecule has 1 N–H and O–H groups in total. The molecule has 19 heavy (non-hydrogen) atoms. The Morgan fingerprint density at radius 2 is 1.79 bits per heavy atom. The van der Waals surface area contributed by atoms with Crippen LogP contribution in [0.3, 0.4) is 0 Å². The number of hydrogen-bond donors (Lipinski definition) is 1. The van der Waals surface area contributed by atoms with E-state index in [1.54, 1.807) is 0 Å². The van der Waals surface area contributed by atoms with Crippen LogP contribution in [-0.2, 0) is 4.74 Å². The van der Waals surface area contributed by atoms with Gasteiger partial charge in [-0.1, -0.05) is 6.42 Å². The van der Waals surface area contributed by atoms with Gasteiger partial charge in [-0.25, -0.2) is 0 Å². The number of nitrogens with zero attached hydrogens (tertiary/aromatic N) is 2. The first-order chi connectivity index (χ1) is 9.42. The van der Waals surface area contributed by atoms with Gasteiger partial charge in [-0.3, -0.25) is 0 Å². The van der Waals surface area contributed by atoms with Gasteiger partial charge in [0.25, 0.3) is 0 Å². The molecule has 0 saturated carbocycles. The van der Waals surface area contributed by atoms with Crippen LogP contribution >= 0.6 is 0 Å². The highest BCUT2D eigenvalue weighted by molar-refractivity contribution is 4.84. The fourth-order valence-corrected chi connectivity index (χ4v) is 3.80. The number of hydrogen-bond acceptors (Lipinski definition) is 4. The number of nitrogens with one attached hydrogen (secondary N) is 1. The van der Waals surface area contributed by atoms with Gasteiger partial charge in [-0.2, -0.15) is 0 Å². The van der Waals surface area contributed by atoms with Gasteiger partial charge in [0, 0.05) is 25.2 Å².